The Morgan fingerprint density at radius 2 is 2.00 bits per heavy atom. The van der Waals surface area contributed by atoms with Gasteiger partial charge >= 0.3 is 5.97 Å². The van der Waals surface area contributed by atoms with E-state index in [1.165, 1.54) is 12.1 Å². The number of nitrogens with zero attached hydrogens (tertiary/aromatic N) is 1. The maximum Gasteiger partial charge on any atom is 0.335 e. The molecule has 1 rings (SSSR count). The molecule has 1 aromatic rings. The van der Waals surface area contributed by atoms with E-state index in [0.29, 0.717) is 0 Å². The Labute approximate surface area is 69.5 Å². The molecule has 62 valence electrons. The normalized spacial score (nSPS) is 9.00. The second-order valence-electron chi connectivity index (χ2n) is 2.15. The largest absolute Gasteiger partial charge is 0.478 e. The highest BCUT2D eigenvalue weighted by atomic mass is 16.4. The molecule has 0 saturated carbocycles. The van der Waals surface area contributed by atoms with E-state index in [1.54, 1.807) is 12.1 Å². The summed E-state index contributed by atoms with van der Waals surface area (Å²) in [5.74, 6) is -0.937. The molecule has 0 aliphatic rings. The van der Waals surface area contributed by atoms with E-state index in [1.807, 2.05) is 0 Å². The van der Waals surface area contributed by atoms with Crippen molar-refractivity contribution in [2.75, 3.05) is 5.43 Å². The number of anilines is 1. The number of carboxylic acids is 1. The van der Waals surface area contributed by atoms with Crippen LogP contribution in [-0.4, -0.2) is 17.8 Å². The van der Waals surface area contributed by atoms with Crippen molar-refractivity contribution in [2.24, 2.45) is 5.10 Å². The molecule has 4 heteroatoms. The first-order chi connectivity index (χ1) is 5.74. The molecular formula is C8H8N2O2. The number of aromatic carboxylic acids is 1. The Kier molecular flexibility index (Phi) is 2.42. The van der Waals surface area contributed by atoms with Crippen molar-refractivity contribution in [1.29, 1.82) is 0 Å². The van der Waals surface area contributed by atoms with Crippen LogP contribution in [0.3, 0.4) is 0 Å². The van der Waals surface area contributed by atoms with Crippen molar-refractivity contribution in [1.82, 2.24) is 0 Å². The lowest BCUT2D eigenvalue weighted by atomic mass is 10.2. The molecular weight excluding hydrogens is 156 g/mol. The van der Waals surface area contributed by atoms with Crippen LogP contribution in [0.5, 0.6) is 0 Å². The Hall–Kier alpha value is -1.84. The maximum absolute atomic E-state index is 10.4. The molecule has 0 bridgehead atoms. The van der Waals surface area contributed by atoms with Crippen LogP contribution in [0.1, 0.15) is 10.4 Å². The first-order valence-corrected chi connectivity index (χ1v) is 3.29. The number of carboxylic acid groups (broad SMARTS) is 1. The van der Waals surface area contributed by atoms with E-state index in [-0.39, 0.29) is 5.56 Å². The van der Waals surface area contributed by atoms with E-state index in [4.69, 9.17) is 5.11 Å². The molecule has 0 fully saturated rings. The molecule has 0 unspecified atom stereocenters. The molecule has 1 aromatic carbocycles. The molecule has 4 nitrogen and oxygen atoms in total. The smallest absolute Gasteiger partial charge is 0.335 e. The number of rotatable bonds is 3. The zero-order valence-electron chi connectivity index (χ0n) is 6.32. The molecule has 12 heavy (non-hydrogen) atoms. The van der Waals surface area contributed by atoms with Crippen LogP contribution >= 0.6 is 0 Å². The third-order valence-electron chi connectivity index (χ3n) is 1.34. The molecule has 0 heterocycles. The van der Waals surface area contributed by atoms with Crippen molar-refractivity contribution in [2.45, 2.75) is 0 Å². The minimum atomic E-state index is -0.937. The van der Waals surface area contributed by atoms with Gasteiger partial charge in [-0.2, -0.15) is 5.10 Å². The summed E-state index contributed by atoms with van der Waals surface area (Å²) in [5, 5.41) is 12.0. The van der Waals surface area contributed by atoms with Gasteiger partial charge in [0.1, 0.15) is 0 Å². The summed E-state index contributed by atoms with van der Waals surface area (Å²) >= 11 is 0. The van der Waals surface area contributed by atoms with E-state index < -0.39 is 5.97 Å². The summed E-state index contributed by atoms with van der Waals surface area (Å²) in [6.45, 7) is 3.24. The van der Waals surface area contributed by atoms with Gasteiger partial charge in [-0.1, -0.05) is 0 Å². The molecule has 0 aromatic heterocycles. The molecule has 2 N–H and O–H groups in total. The van der Waals surface area contributed by atoms with Crippen molar-refractivity contribution in [3.63, 3.8) is 0 Å². The second-order valence-corrected chi connectivity index (χ2v) is 2.15. The van der Waals surface area contributed by atoms with Gasteiger partial charge in [-0.05, 0) is 24.3 Å². The van der Waals surface area contributed by atoms with Gasteiger partial charge in [0.15, 0.2) is 0 Å². The maximum atomic E-state index is 10.4. The molecule has 0 atom stereocenters. The number of carbonyl (C=O) groups is 1. The predicted octanol–water partition coefficient (Wildman–Crippen LogP) is 1.41. The summed E-state index contributed by atoms with van der Waals surface area (Å²) in [5.41, 5.74) is 3.57. The SMILES string of the molecule is C=NNc1ccc(C(=O)O)cc1. The van der Waals surface area contributed by atoms with Crippen molar-refractivity contribution >= 4 is 18.4 Å². The minimum Gasteiger partial charge on any atom is -0.478 e. The molecule has 0 spiro atoms. The predicted molar refractivity (Wildman–Crippen MR) is 46.6 cm³/mol. The number of hydrazone groups is 1. The second kappa shape index (κ2) is 3.52. The Morgan fingerprint density at radius 1 is 1.42 bits per heavy atom. The third-order valence-corrected chi connectivity index (χ3v) is 1.34. The van der Waals surface area contributed by atoms with E-state index in [2.05, 4.69) is 17.2 Å². The Morgan fingerprint density at radius 3 is 2.42 bits per heavy atom. The van der Waals surface area contributed by atoms with Crippen LogP contribution < -0.4 is 5.43 Å². The van der Waals surface area contributed by atoms with Gasteiger partial charge in [-0.3, -0.25) is 5.43 Å². The lowest BCUT2D eigenvalue weighted by molar-refractivity contribution is 0.0697. The van der Waals surface area contributed by atoms with E-state index >= 15 is 0 Å². The Bertz CT molecular complexity index is 292. The average Bonchev–Trinajstić information content (AvgIpc) is 2.06. The van der Waals surface area contributed by atoms with Crippen LogP contribution in [0.2, 0.25) is 0 Å². The molecule has 0 aliphatic heterocycles. The highest BCUT2D eigenvalue weighted by Gasteiger charge is 2.00. The Balaban J connectivity index is 2.85. The van der Waals surface area contributed by atoms with Gasteiger partial charge in [0, 0.05) is 6.72 Å². The van der Waals surface area contributed by atoms with Gasteiger partial charge in [0.25, 0.3) is 0 Å². The van der Waals surface area contributed by atoms with Gasteiger partial charge in [0.05, 0.1) is 11.3 Å². The molecule has 0 aliphatic carbocycles. The summed E-state index contributed by atoms with van der Waals surface area (Å²) in [4.78, 5) is 10.4. The summed E-state index contributed by atoms with van der Waals surface area (Å²) in [6.07, 6.45) is 0. The quantitative estimate of drug-likeness (QED) is 0.524. The van der Waals surface area contributed by atoms with Crippen LogP contribution in [0.15, 0.2) is 29.4 Å². The fourth-order valence-electron chi connectivity index (χ4n) is 0.779. The molecule has 0 saturated heterocycles. The molecule has 0 radical (unpaired) electrons. The fourth-order valence-corrected chi connectivity index (χ4v) is 0.779. The van der Waals surface area contributed by atoms with Gasteiger partial charge in [0.2, 0.25) is 0 Å². The van der Waals surface area contributed by atoms with Gasteiger partial charge in [-0.25, -0.2) is 4.79 Å². The van der Waals surface area contributed by atoms with Crippen molar-refractivity contribution < 1.29 is 9.90 Å². The highest BCUT2D eigenvalue weighted by molar-refractivity contribution is 5.87. The fraction of sp³-hybridized carbons (Fsp3) is 0. The average molecular weight is 164 g/mol. The zero-order chi connectivity index (χ0) is 8.97. The van der Waals surface area contributed by atoms with Gasteiger partial charge < -0.3 is 5.11 Å². The van der Waals surface area contributed by atoms with E-state index in [0.717, 1.165) is 5.69 Å². The monoisotopic (exact) mass is 164 g/mol. The molecule has 0 amide bonds. The van der Waals surface area contributed by atoms with Crippen LogP contribution in [-0.2, 0) is 0 Å². The third kappa shape index (κ3) is 1.82. The standard InChI is InChI=1S/C8H8N2O2/c1-9-10-7-4-2-6(3-5-7)8(11)12/h2-5,10H,1H2,(H,11,12). The van der Waals surface area contributed by atoms with Crippen molar-refractivity contribution in [3.05, 3.63) is 29.8 Å². The number of hydrogen-bond donors (Lipinski definition) is 2. The lowest BCUT2D eigenvalue weighted by Gasteiger charge is -1.98. The highest BCUT2D eigenvalue weighted by Crippen LogP contribution is 2.08. The number of benzene rings is 1. The van der Waals surface area contributed by atoms with Gasteiger partial charge in [-0.15, -0.1) is 0 Å². The first kappa shape index (κ1) is 8.26. The zero-order valence-corrected chi connectivity index (χ0v) is 6.32. The summed E-state index contributed by atoms with van der Waals surface area (Å²) < 4.78 is 0. The summed E-state index contributed by atoms with van der Waals surface area (Å²) in [7, 11) is 0. The van der Waals surface area contributed by atoms with Crippen molar-refractivity contribution in [3.8, 4) is 0 Å². The van der Waals surface area contributed by atoms with Crippen LogP contribution in [0.25, 0.3) is 0 Å². The first-order valence-electron chi connectivity index (χ1n) is 3.29. The number of hydrogen-bond acceptors (Lipinski definition) is 3. The summed E-state index contributed by atoms with van der Waals surface area (Å²) in [6, 6.07) is 6.24. The topological polar surface area (TPSA) is 61.7 Å². The van der Waals surface area contributed by atoms with Crippen LogP contribution in [0, 0.1) is 0 Å². The minimum absolute atomic E-state index is 0.254. The lowest BCUT2D eigenvalue weighted by Crippen LogP contribution is -1.95. The van der Waals surface area contributed by atoms with E-state index in [9.17, 15) is 4.79 Å². The van der Waals surface area contributed by atoms with Crippen LogP contribution in [0.4, 0.5) is 5.69 Å². The number of nitrogens with one attached hydrogen (secondary N) is 1.